The first-order chi connectivity index (χ1) is 11.9. The lowest BCUT2D eigenvalue weighted by molar-refractivity contribution is -0.307. The molecule has 0 saturated carbocycles. The van der Waals surface area contributed by atoms with Gasteiger partial charge in [0, 0.05) is 5.39 Å². The molecule has 0 aliphatic heterocycles. The lowest BCUT2D eigenvalue weighted by Crippen LogP contribution is -2.34. The number of aliphatic carboxylic acids is 1. The zero-order valence-corrected chi connectivity index (χ0v) is 12.6. The lowest BCUT2D eigenvalue weighted by Gasteiger charge is -2.22. The molecule has 3 rings (SSSR count). The SMILES string of the molecule is O=C([O-])C(Nc1nc(C(F)(F)F)nc2ccccc12)c1ccccc1. The number of para-hydroxylation sites is 1. The van der Waals surface area contributed by atoms with Crippen molar-refractivity contribution in [3.8, 4) is 0 Å². The van der Waals surface area contributed by atoms with E-state index in [2.05, 4.69) is 15.3 Å². The van der Waals surface area contributed by atoms with Gasteiger partial charge in [-0.25, -0.2) is 9.97 Å². The number of hydrogen-bond donors (Lipinski definition) is 1. The summed E-state index contributed by atoms with van der Waals surface area (Å²) >= 11 is 0. The molecule has 0 spiro atoms. The van der Waals surface area contributed by atoms with Crippen LogP contribution in [0.25, 0.3) is 10.9 Å². The van der Waals surface area contributed by atoms with Crippen LogP contribution in [0.15, 0.2) is 54.6 Å². The number of hydrogen-bond acceptors (Lipinski definition) is 5. The number of rotatable bonds is 4. The Labute approximate surface area is 140 Å². The van der Waals surface area contributed by atoms with E-state index in [0.717, 1.165) is 0 Å². The lowest BCUT2D eigenvalue weighted by atomic mass is 10.1. The molecule has 0 aliphatic rings. The van der Waals surface area contributed by atoms with Gasteiger partial charge in [0.25, 0.3) is 0 Å². The first kappa shape index (κ1) is 16.7. The van der Waals surface area contributed by atoms with Crippen LogP contribution in [0.4, 0.5) is 19.0 Å². The molecule has 5 nitrogen and oxygen atoms in total. The topological polar surface area (TPSA) is 77.9 Å². The minimum Gasteiger partial charge on any atom is -0.548 e. The average molecular weight is 346 g/mol. The van der Waals surface area contributed by atoms with Crippen molar-refractivity contribution in [3.63, 3.8) is 0 Å². The highest BCUT2D eigenvalue weighted by atomic mass is 19.4. The molecular formula is C17H11F3N3O2-. The van der Waals surface area contributed by atoms with E-state index in [-0.39, 0.29) is 16.7 Å². The summed E-state index contributed by atoms with van der Waals surface area (Å²) < 4.78 is 39.1. The zero-order valence-electron chi connectivity index (χ0n) is 12.6. The first-order valence-corrected chi connectivity index (χ1v) is 7.22. The maximum absolute atomic E-state index is 13.0. The Balaban J connectivity index is 2.12. The molecule has 1 aromatic heterocycles. The standard InChI is InChI=1S/C17H12F3N3O2/c18-17(19,20)16-21-12-9-5-4-8-11(12)14(23-16)22-13(15(24)25)10-6-2-1-3-7-10/h1-9,13H,(H,24,25)(H,21,22,23)/p-1. The van der Waals surface area contributed by atoms with E-state index in [1.807, 2.05) is 0 Å². The summed E-state index contributed by atoms with van der Waals surface area (Å²) in [4.78, 5) is 18.5. The van der Waals surface area contributed by atoms with Crippen LogP contribution < -0.4 is 10.4 Å². The number of aromatic nitrogens is 2. The van der Waals surface area contributed by atoms with Gasteiger partial charge in [-0.05, 0) is 17.7 Å². The number of carboxylic acids is 1. The second-order valence-electron chi connectivity index (χ2n) is 5.22. The van der Waals surface area contributed by atoms with Gasteiger partial charge in [0.2, 0.25) is 5.82 Å². The number of benzene rings is 2. The van der Waals surface area contributed by atoms with Crippen LogP contribution in [0.3, 0.4) is 0 Å². The molecule has 128 valence electrons. The molecule has 1 unspecified atom stereocenters. The van der Waals surface area contributed by atoms with Gasteiger partial charge >= 0.3 is 6.18 Å². The third-order valence-corrected chi connectivity index (χ3v) is 3.51. The molecule has 0 fully saturated rings. The predicted molar refractivity (Wildman–Crippen MR) is 82.4 cm³/mol. The number of carbonyl (C=O) groups excluding carboxylic acids is 1. The second kappa shape index (κ2) is 6.39. The molecular weight excluding hydrogens is 335 g/mol. The predicted octanol–water partition coefficient (Wildman–Crippen LogP) is 2.55. The molecule has 1 atom stereocenters. The fourth-order valence-electron chi connectivity index (χ4n) is 2.37. The van der Waals surface area contributed by atoms with Crippen molar-refractivity contribution in [1.29, 1.82) is 0 Å². The zero-order chi connectivity index (χ0) is 18.0. The molecule has 25 heavy (non-hydrogen) atoms. The van der Waals surface area contributed by atoms with Gasteiger partial charge in [-0.3, -0.25) is 0 Å². The summed E-state index contributed by atoms with van der Waals surface area (Å²) in [5.41, 5.74) is 0.385. The maximum atomic E-state index is 13.0. The van der Waals surface area contributed by atoms with Gasteiger partial charge in [0.15, 0.2) is 0 Å². The van der Waals surface area contributed by atoms with E-state index < -0.39 is 24.0 Å². The molecule has 8 heteroatoms. The Bertz CT molecular complexity index is 914. The molecule has 1 N–H and O–H groups in total. The molecule has 2 aromatic carbocycles. The van der Waals surface area contributed by atoms with E-state index in [4.69, 9.17) is 0 Å². The molecule has 0 aliphatic carbocycles. The van der Waals surface area contributed by atoms with Crippen LogP contribution in [0.5, 0.6) is 0 Å². The minimum absolute atomic E-state index is 0.0532. The Kier molecular flexibility index (Phi) is 4.26. The number of halogens is 3. The smallest absolute Gasteiger partial charge is 0.451 e. The summed E-state index contributed by atoms with van der Waals surface area (Å²) in [5, 5.41) is 14.3. The highest BCUT2D eigenvalue weighted by Crippen LogP contribution is 2.31. The summed E-state index contributed by atoms with van der Waals surface area (Å²) in [5.74, 6) is -3.06. The molecule has 0 radical (unpaired) electrons. The van der Waals surface area contributed by atoms with Crippen molar-refractivity contribution in [2.24, 2.45) is 0 Å². The van der Waals surface area contributed by atoms with Crippen molar-refractivity contribution in [2.45, 2.75) is 12.2 Å². The van der Waals surface area contributed by atoms with Crippen LogP contribution >= 0.6 is 0 Å². The monoisotopic (exact) mass is 346 g/mol. The highest BCUT2D eigenvalue weighted by molar-refractivity contribution is 5.91. The van der Waals surface area contributed by atoms with Crippen LogP contribution in [0, 0.1) is 0 Å². The molecule has 0 saturated heterocycles. The Morgan fingerprint density at radius 1 is 1.00 bits per heavy atom. The number of nitrogens with one attached hydrogen (secondary N) is 1. The Morgan fingerprint density at radius 2 is 1.64 bits per heavy atom. The highest BCUT2D eigenvalue weighted by Gasteiger charge is 2.35. The minimum atomic E-state index is -4.76. The number of carbonyl (C=O) groups is 1. The van der Waals surface area contributed by atoms with Crippen LogP contribution in [0.2, 0.25) is 0 Å². The fourth-order valence-corrected chi connectivity index (χ4v) is 2.37. The third kappa shape index (κ3) is 3.52. The van der Waals surface area contributed by atoms with Gasteiger partial charge in [0.1, 0.15) is 5.82 Å². The van der Waals surface area contributed by atoms with E-state index in [1.54, 1.807) is 24.3 Å². The Hall–Kier alpha value is -3.16. The van der Waals surface area contributed by atoms with Gasteiger partial charge < -0.3 is 15.2 Å². The number of nitrogens with zero attached hydrogens (tertiary/aromatic N) is 2. The van der Waals surface area contributed by atoms with E-state index >= 15 is 0 Å². The van der Waals surface area contributed by atoms with E-state index in [9.17, 15) is 23.1 Å². The van der Waals surface area contributed by atoms with Crippen molar-refractivity contribution >= 4 is 22.7 Å². The van der Waals surface area contributed by atoms with Gasteiger partial charge in [0.05, 0.1) is 17.5 Å². The van der Waals surface area contributed by atoms with Crippen molar-refractivity contribution < 1.29 is 23.1 Å². The summed E-state index contributed by atoms with van der Waals surface area (Å²) in [7, 11) is 0. The van der Waals surface area contributed by atoms with E-state index in [0.29, 0.717) is 5.56 Å². The number of fused-ring (bicyclic) bond motifs is 1. The van der Waals surface area contributed by atoms with Crippen molar-refractivity contribution in [2.75, 3.05) is 5.32 Å². The third-order valence-electron chi connectivity index (χ3n) is 3.51. The maximum Gasteiger partial charge on any atom is 0.451 e. The van der Waals surface area contributed by atoms with E-state index in [1.165, 1.54) is 30.3 Å². The first-order valence-electron chi connectivity index (χ1n) is 7.22. The van der Waals surface area contributed by atoms with Gasteiger partial charge in [-0.1, -0.05) is 42.5 Å². The largest absolute Gasteiger partial charge is 0.548 e. The Morgan fingerprint density at radius 3 is 2.28 bits per heavy atom. The summed E-state index contributed by atoms with van der Waals surface area (Å²) in [6.45, 7) is 0. The van der Waals surface area contributed by atoms with Crippen molar-refractivity contribution in [1.82, 2.24) is 9.97 Å². The molecule has 0 amide bonds. The quantitative estimate of drug-likeness (QED) is 0.785. The average Bonchev–Trinajstić information content (AvgIpc) is 2.59. The number of alkyl halides is 3. The summed E-state index contributed by atoms with van der Waals surface area (Å²) in [6.07, 6.45) is -4.76. The summed E-state index contributed by atoms with van der Waals surface area (Å²) in [6, 6.07) is 12.7. The van der Waals surface area contributed by atoms with Crippen LogP contribution in [-0.4, -0.2) is 15.9 Å². The normalized spacial score (nSPS) is 12.8. The molecule has 0 bridgehead atoms. The van der Waals surface area contributed by atoms with Crippen molar-refractivity contribution in [3.05, 3.63) is 66.0 Å². The van der Waals surface area contributed by atoms with Gasteiger partial charge in [-0.15, -0.1) is 0 Å². The molecule has 1 heterocycles. The number of anilines is 1. The van der Waals surface area contributed by atoms with Gasteiger partial charge in [-0.2, -0.15) is 13.2 Å². The van der Waals surface area contributed by atoms with Crippen LogP contribution in [-0.2, 0) is 11.0 Å². The van der Waals surface area contributed by atoms with Crippen LogP contribution in [0.1, 0.15) is 17.4 Å². The second-order valence-corrected chi connectivity index (χ2v) is 5.22. The molecule has 3 aromatic rings. The number of carboxylic acid groups (broad SMARTS) is 1. The fraction of sp³-hybridized carbons (Fsp3) is 0.118.